The average molecular weight is 302 g/mol. The summed E-state index contributed by atoms with van der Waals surface area (Å²) in [5.41, 5.74) is -0.0703. The Balaban J connectivity index is 2.21. The van der Waals surface area contributed by atoms with Crippen molar-refractivity contribution in [3.05, 3.63) is 17.5 Å². The first-order chi connectivity index (χ1) is 9.10. The number of esters is 1. The smallest absolute Gasteiger partial charge is 0.434 e. The molecule has 0 fully saturated rings. The summed E-state index contributed by atoms with van der Waals surface area (Å²) in [6.45, 7) is 0.463. The topological polar surface area (TPSA) is 44.1 Å². The number of fused-ring (bicyclic) bond motifs is 1. The van der Waals surface area contributed by atoms with Gasteiger partial charge in [0.15, 0.2) is 0 Å². The minimum atomic E-state index is -5.72. The van der Waals surface area contributed by atoms with Crippen LogP contribution in [0.1, 0.15) is 22.5 Å². The molecule has 0 spiro atoms. The van der Waals surface area contributed by atoms with E-state index in [9.17, 15) is 31.1 Å². The average Bonchev–Trinajstić information content (AvgIpc) is 2.83. The number of halogens is 6. The van der Waals surface area contributed by atoms with E-state index in [-0.39, 0.29) is 11.3 Å². The van der Waals surface area contributed by atoms with Gasteiger partial charge in [0.05, 0.1) is 11.9 Å². The standard InChI is InChI=1S/C10H8F6N2O2/c11-9(12,13)8(10(14,15)16)20-7(19)5-4-17-18-3-1-2-6(5)18/h4,8H,1-3H2. The van der Waals surface area contributed by atoms with Gasteiger partial charge in [0.1, 0.15) is 5.56 Å². The Kier molecular flexibility index (Phi) is 3.42. The molecule has 2 rings (SSSR count). The van der Waals surface area contributed by atoms with E-state index in [0.29, 0.717) is 19.4 Å². The van der Waals surface area contributed by atoms with E-state index in [4.69, 9.17) is 0 Å². The normalized spacial score (nSPS) is 15.6. The van der Waals surface area contributed by atoms with Crippen molar-refractivity contribution in [2.75, 3.05) is 0 Å². The number of hydrogen-bond donors (Lipinski definition) is 0. The van der Waals surface area contributed by atoms with Crippen LogP contribution in [-0.2, 0) is 17.7 Å². The van der Waals surface area contributed by atoms with Gasteiger partial charge >= 0.3 is 18.3 Å². The predicted molar refractivity (Wildman–Crippen MR) is 51.9 cm³/mol. The number of carbonyl (C=O) groups is 1. The maximum atomic E-state index is 12.3. The number of aryl methyl sites for hydroxylation is 1. The number of hydrogen-bond acceptors (Lipinski definition) is 3. The molecule has 0 bridgehead atoms. The maximum Gasteiger partial charge on any atom is 0.434 e. The van der Waals surface area contributed by atoms with E-state index in [2.05, 4.69) is 9.84 Å². The molecule has 0 aliphatic carbocycles. The quantitative estimate of drug-likeness (QED) is 0.623. The Morgan fingerprint density at radius 1 is 1.25 bits per heavy atom. The molecule has 0 unspecified atom stereocenters. The summed E-state index contributed by atoms with van der Waals surface area (Å²) in [7, 11) is 0. The predicted octanol–water partition coefficient (Wildman–Crippen LogP) is 2.48. The lowest BCUT2D eigenvalue weighted by atomic mass is 10.2. The van der Waals surface area contributed by atoms with E-state index in [1.165, 1.54) is 4.68 Å². The summed E-state index contributed by atoms with van der Waals surface area (Å²) < 4.78 is 78.6. The minimum Gasteiger partial charge on any atom is -0.439 e. The highest BCUT2D eigenvalue weighted by Gasteiger charge is 2.60. The molecule has 20 heavy (non-hydrogen) atoms. The number of ether oxygens (including phenoxy) is 1. The summed E-state index contributed by atoms with van der Waals surface area (Å²) >= 11 is 0. The molecule has 1 aromatic heterocycles. The van der Waals surface area contributed by atoms with Crippen molar-refractivity contribution in [2.24, 2.45) is 0 Å². The molecule has 1 aromatic rings. The molecule has 0 aromatic carbocycles. The van der Waals surface area contributed by atoms with Crippen molar-refractivity contribution in [2.45, 2.75) is 37.8 Å². The minimum absolute atomic E-state index is 0.290. The van der Waals surface area contributed by atoms with Gasteiger partial charge in [-0.3, -0.25) is 4.68 Å². The lowest BCUT2D eigenvalue weighted by Gasteiger charge is -2.22. The van der Waals surface area contributed by atoms with E-state index in [1.54, 1.807) is 0 Å². The van der Waals surface area contributed by atoms with Crippen LogP contribution in [0, 0.1) is 0 Å². The Hall–Kier alpha value is -1.74. The molecule has 10 heteroatoms. The summed E-state index contributed by atoms with van der Waals surface area (Å²) in [5, 5.41) is 3.70. The van der Waals surface area contributed by atoms with Crippen LogP contribution in [0.2, 0.25) is 0 Å². The fraction of sp³-hybridized carbons (Fsp3) is 0.600. The molecule has 0 saturated heterocycles. The van der Waals surface area contributed by atoms with Crippen molar-refractivity contribution in [1.82, 2.24) is 9.78 Å². The molecule has 0 N–H and O–H groups in total. The van der Waals surface area contributed by atoms with Gasteiger partial charge in [0, 0.05) is 6.54 Å². The lowest BCUT2D eigenvalue weighted by Crippen LogP contribution is -2.45. The van der Waals surface area contributed by atoms with Crippen LogP contribution in [0.3, 0.4) is 0 Å². The molecule has 0 amide bonds. The largest absolute Gasteiger partial charge is 0.439 e. The molecule has 0 atom stereocenters. The van der Waals surface area contributed by atoms with Gasteiger partial charge in [-0.25, -0.2) is 4.79 Å². The third kappa shape index (κ3) is 2.73. The van der Waals surface area contributed by atoms with Crippen molar-refractivity contribution in [3.63, 3.8) is 0 Å². The number of rotatable bonds is 2. The van der Waals surface area contributed by atoms with Crippen molar-refractivity contribution in [3.8, 4) is 0 Å². The van der Waals surface area contributed by atoms with Gasteiger partial charge in [-0.15, -0.1) is 0 Å². The highest BCUT2D eigenvalue weighted by atomic mass is 19.4. The second-order valence-electron chi connectivity index (χ2n) is 4.20. The van der Waals surface area contributed by atoms with Crippen LogP contribution < -0.4 is 0 Å². The zero-order valence-electron chi connectivity index (χ0n) is 9.75. The molecule has 2 heterocycles. The van der Waals surface area contributed by atoms with Gasteiger partial charge in [0.25, 0.3) is 6.10 Å². The molecular formula is C10H8F6N2O2. The van der Waals surface area contributed by atoms with Crippen LogP contribution in [0.5, 0.6) is 0 Å². The molecule has 0 radical (unpaired) electrons. The van der Waals surface area contributed by atoms with E-state index < -0.39 is 24.4 Å². The summed E-state index contributed by atoms with van der Waals surface area (Å²) in [4.78, 5) is 11.5. The van der Waals surface area contributed by atoms with E-state index in [1.807, 2.05) is 0 Å². The fourth-order valence-corrected chi connectivity index (χ4v) is 1.92. The Morgan fingerprint density at radius 2 is 1.85 bits per heavy atom. The second kappa shape index (κ2) is 4.67. The number of aromatic nitrogens is 2. The first-order valence-electron chi connectivity index (χ1n) is 5.50. The van der Waals surface area contributed by atoms with Crippen molar-refractivity contribution < 1.29 is 35.9 Å². The highest BCUT2D eigenvalue weighted by Crippen LogP contribution is 2.36. The lowest BCUT2D eigenvalue weighted by molar-refractivity contribution is -0.307. The maximum absolute atomic E-state index is 12.3. The van der Waals surface area contributed by atoms with Crippen molar-refractivity contribution >= 4 is 5.97 Å². The SMILES string of the molecule is O=C(OC(C(F)(F)F)C(F)(F)F)c1cnn2c1CCC2. The van der Waals surface area contributed by atoms with Crippen LogP contribution in [-0.4, -0.2) is 34.2 Å². The molecule has 1 aliphatic rings. The second-order valence-corrected chi connectivity index (χ2v) is 4.20. The van der Waals surface area contributed by atoms with Gasteiger partial charge in [-0.05, 0) is 12.8 Å². The Morgan fingerprint density at radius 3 is 2.40 bits per heavy atom. The summed E-state index contributed by atoms with van der Waals surface area (Å²) in [6.07, 6.45) is -13.7. The summed E-state index contributed by atoms with van der Waals surface area (Å²) in [5.74, 6) is -1.67. The number of carbonyl (C=O) groups excluding carboxylic acids is 1. The van der Waals surface area contributed by atoms with Gasteiger partial charge in [-0.1, -0.05) is 0 Å². The van der Waals surface area contributed by atoms with Gasteiger partial charge < -0.3 is 4.74 Å². The molecule has 1 aliphatic heterocycles. The Bertz CT molecular complexity index is 505. The van der Waals surface area contributed by atoms with Crippen LogP contribution in [0.15, 0.2) is 6.20 Å². The third-order valence-electron chi connectivity index (χ3n) is 2.77. The fourth-order valence-electron chi connectivity index (χ4n) is 1.92. The molecule has 4 nitrogen and oxygen atoms in total. The zero-order valence-corrected chi connectivity index (χ0v) is 9.75. The highest BCUT2D eigenvalue weighted by molar-refractivity contribution is 5.90. The zero-order chi connectivity index (χ0) is 15.1. The van der Waals surface area contributed by atoms with E-state index >= 15 is 0 Å². The number of nitrogens with zero attached hydrogens (tertiary/aromatic N) is 2. The van der Waals surface area contributed by atoms with E-state index in [0.717, 1.165) is 6.20 Å². The molecule has 112 valence electrons. The van der Waals surface area contributed by atoms with Crippen molar-refractivity contribution in [1.29, 1.82) is 0 Å². The Labute approximate surface area is 108 Å². The first-order valence-corrected chi connectivity index (χ1v) is 5.50. The van der Waals surface area contributed by atoms with Crippen LogP contribution >= 0.6 is 0 Å². The summed E-state index contributed by atoms with van der Waals surface area (Å²) in [6, 6.07) is 0. The van der Waals surface area contributed by atoms with Gasteiger partial charge in [-0.2, -0.15) is 31.4 Å². The number of alkyl halides is 6. The van der Waals surface area contributed by atoms with Crippen LogP contribution in [0.25, 0.3) is 0 Å². The van der Waals surface area contributed by atoms with Gasteiger partial charge in [0.2, 0.25) is 0 Å². The molecule has 0 saturated carbocycles. The molecular weight excluding hydrogens is 294 g/mol. The van der Waals surface area contributed by atoms with Crippen LogP contribution in [0.4, 0.5) is 26.3 Å². The third-order valence-corrected chi connectivity index (χ3v) is 2.77. The first kappa shape index (κ1) is 14.7. The monoisotopic (exact) mass is 302 g/mol.